The normalized spacial score (nSPS) is 11.1. The molecule has 0 bridgehead atoms. The molecule has 1 heterocycles. The number of aromatic nitrogens is 1. The molecule has 2 nitrogen and oxygen atoms in total. The smallest absolute Gasteiger partial charge is 0.0491 e. The number of halogens is 1. The monoisotopic (exact) mass is 266 g/mol. The van der Waals surface area contributed by atoms with E-state index in [2.05, 4.69) is 56.3 Å². The topological polar surface area (TPSA) is 17.0 Å². The van der Waals surface area contributed by atoms with Crippen molar-refractivity contribution < 1.29 is 0 Å². The second-order valence-corrected chi connectivity index (χ2v) is 4.49. The van der Waals surface area contributed by atoms with E-state index in [1.807, 2.05) is 7.05 Å². The zero-order chi connectivity index (χ0) is 10.7. The summed E-state index contributed by atoms with van der Waals surface area (Å²) in [5.74, 6) is 0. The highest BCUT2D eigenvalue weighted by Crippen LogP contribution is 2.24. The molecule has 1 aromatic carbocycles. The van der Waals surface area contributed by atoms with Crippen molar-refractivity contribution in [2.24, 2.45) is 0 Å². The van der Waals surface area contributed by atoms with Crippen molar-refractivity contribution in [3.8, 4) is 0 Å². The standard InChI is InChI=1S/C12H15BrN2/c1-14-7-3-8-15-9-6-10-11(13)4-2-5-12(10)15/h2,4-6,9,14H,3,7-8H2,1H3. The van der Waals surface area contributed by atoms with Gasteiger partial charge in [0.05, 0.1) is 0 Å². The van der Waals surface area contributed by atoms with E-state index in [0.29, 0.717) is 0 Å². The van der Waals surface area contributed by atoms with Crippen LogP contribution in [0.25, 0.3) is 10.9 Å². The average molecular weight is 267 g/mol. The van der Waals surface area contributed by atoms with Gasteiger partial charge in [-0.05, 0) is 38.2 Å². The van der Waals surface area contributed by atoms with Gasteiger partial charge < -0.3 is 9.88 Å². The third-order valence-corrected chi connectivity index (χ3v) is 3.28. The van der Waals surface area contributed by atoms with Gasteiger partial charge in [-0.1, -0.05) is 22.0 Å². The molecule has 0 aliphatic rings. The van der Waals surface area contributed by atoms with Crippen LogP contribution in [0.15, 0.2) is 34.9 Å². The molecule has 0 radical (unpaired) electrons. The Kier molecular flexibility index (Phi) is 3.44. The van der Waals surface area contributed by atoms with Crippen LogP contribution in [0, 0.1) is 0 Å². The number of hydrogen-bond acceptors (Lipinski definition) is 1. The minimum Gasteiger partial charge on any atom is -0.347 e. The third-order valence-electron chi connectivity index (χ3n) is 2.59. The van der Waals surface area contributed by atoms with E-state index in [0.717, 1.165) is 19.5 Å². The molecule has 3 heteroatoms. The van der Waals surface area contributed by atoms with Crippen molar-refractivity contribution in [1.29, 1.82) is 0 Å². The van der Waals surface area contributed by atoms with Crippen molar-refractivity contribution in [2.45, 2.75) is 13.0 Å². The zero-order valence-electron chi connectivity index (χ0n) is 8.83. The molecule has 0 aliphatic heterocycles. The first-order chi connectivity index (χ1) is 7.33. The van der Waals surface area contributed by atoms with Gasteiger partial charge in [-0.25, -0.2) is 0 Å². The first-order valence-electron chi connectivity index (χ1n) is 5.21. The van der Waals surface area contributed by atoms with Gasteiger partial charge in [0.1, 0.15) is 0 Å². The summed E-state index contributed by atoms with van der Waals surface area (Å²) in [5, 5.41) is 4.46. The molecule has 2 rings (SSSR count). The Bertz CT molecular complexity index is 448. The SMILES string of the molecule is CNCCCn1ccc2c(Br)cccc21. The van der Waals surface area contributed by atoms with E-state index >= 15 is 0 Å². The molecule has 0 atom stereocenters. The second-order valence-electron chi connectivity index (χ2n) is 3.64. The van der Waals surface area contributed by atoms with Crippen LogP contribution in [0.5, 0.6) is 0 Å². The number of aryl methyl sites for hydroxylation is 1. The summed E-state index contributed by atoms with van der Waals surface area (Å²) in [5.41, 5.74) is 1.31. The molecule has 80 valence electrons. The summed E-state index contributed by atoms with van der Waals surface area (Å²) in [4.78, 5) is 0. The fourth-order valence-corrected chi connectivity index (χ4v) is 2.29. The predicted octanol–water partition coefficient (Wildman–Crippen LogP) is 3.01. The van der Waals surface area contributed by atoms with E-state index in [1.165, 1.54) is 15.4 Å². The van der Waals surface area contributed by atoms with Gasteiger partial charge in [-0.3, -0.25) is 0 Å². The molecule has 1 N–H and O–H groups in total. The van der Waals surface area contributed by atoms with Gasteiger partial charge in [0.2, 0.25) is 0 Å². The first-order valence-corrected chi connectivity index (χ1v) is 6.00. The van der Waals surface area contributed by atoms with E-state index in [1.54, 1.807) is 0 Å². The number of nitrogens with one attached hydrogen (secondary N) is 1. The van der Waals surface area contributed by atoms with Crippen molar-refractivity contribution >= 4 is 26.8 Å². The minimum absolute atomic E-state index is 1.06. The van der Waals surface area contributed by atoms with Crippen molar-refractivity contribution in [3.05, 3.63) is 34.9 Å². The Morgan fingerprint density at radius 3 is 3.00 bits per heavy atom. The van der Waals surface area contributed by atoms with Crippen molar-refractivity contribution in [1.82, 2.24) is 9.88 Å². The Labute approximate surface area is 98.4 Å². The van der Waals surface area contributed by atoms with Crippen LogP contribution in [-0.2, 0) is 6.54 Å². The van der Waals surface area contributed by atoms with Gasteiger partial charge in [-0.2, -0.15) is 0 Å². The Hall–Kier alpha value is -0.800. The molecule has 1 aromatic heterocycles. The van der Waals surface area contributed by atoms with Gasteiger partial charge in [0, 0.05) is 28.1 Å². The molecular weight excluding hydrogens is 252 g/mol. The van der Waals surface area contributed by atoms with Gasteiger partial charge in [-0.15, -0.1) is 0 Å². The molecule has 2 aromatic rings. The lowest BCUT2D eigenvalue weighted by molar-refractivity contribution is 0.627. The Morgan fingerprint density at radius 2 is 2.20 bits per heavy atom. The molecule has 0 saturated heterocycles. The van der Waals surface area contributed by atoms with Crippen LogP contribution in [0.4, 0.5) is 0 Å². The van der Waals surface area contributed by atoms with Crippen molar-refractivity contribution in [3.63, 3.8) is 0 Å². The second kappa shape index (κ2) is 4.81. The zero-order valence-corrected chi connectivity index (χ0v) is 10.4. The highest BCUT2D eigenvalue weighted by molar-refractivity contribution is 9.10. The summed E-state index contributed by atoms with van der Waals surface area (Å²) in [7, 11) is 1.99. The minimum atomic E-state index is 1.06. The van der Waals surface area contributed by atoms with E-state index in [-0.39, 0.29) is 0 Å². The van der Waals surface area contributed by atoms with Gasteiger partial charge >= 0.3 is 0 Å². The number of benzene rings is 1. The highest BCUT2D eigenvalue weighted by atomic mass is 79.9. The number of fused-ring (bicyclic) bond motifs is 1. The lowest BCUT2D eigenvalue weighted by Crippen LogP contribution is -2.10. The van der Waals surface area contributed by atoms with Crippen LogP contribution in [0.3, 0.4) is 0 Å². The Balaban J connectivity index is 2.25. The van der Waals surface area contributed by atoms with Crippen LogP contribution < -0.4 is 5.32 Å². The molecule has 0 amide bonds. The lowest BCUT2D eigenvalue weighted by Gasteiger charge is -2.05. The van der Waals surface area contributed by atoms with Crippen LogP contribution in [-0.4, -0.2) is 18.2 Å². The van der Waals surface area contributed by atoms with Crippen LogP contribution in [0.1, 0.15) is 6.42 Å². The summed E-state index contributed by atoms with van der Waals surface area (Å²) < 4.78 is 3.48. The van der Waals surface area contributed by atoms with Gasteiger partial charge in [0.15, 0.2) is 0 Å². The quantitative estimate of drug-likeness (QED) is 0.842. The number of rotatable bonds is 4. The fourth-order valence-electron chi connectivity index (χ4n) is 1.81. The maximum Gasteiger partial charge on any atom is 0.0491 e. The fraction of sp³-hybridized carbons (Fsp3) is 0.333. The molecular formula is C12H15BrN2. The lowest BCUT2D eigenvalue weighted by atomic mass is 10.2. The third kappa shape index (κ3) is 2.24. The number of nitrogens with zero attached hydrogens (tertiary/aromatic N) is 1. The molecule has 0 aliphatic carbocycles. The Morgan fingerprint density at radius 1 is 1.33 bits per heavy atom. The predicted molar refractivity (Wildman–Crippen MR) is 68.2 cm³/mol. The van der Waals surface area contributed by atoms with E-state index in [4.69, 9.17) is 0 Å². The van der Waals surface area contributed by atoms with E-state index < -0.39 is 0 Å². The molecule has 0 fully saturated rings. The average Bonchev–Trinajstić information content (AvgIpc) is 2.64. The molecule has 0 saturated carbocycles. The summed E-state index contributed by atoms with van der Waals surface area (Å²) in [6.07, 6.45) is 3.32. The largest absolute Gasteiger partial charge is 0.347 e. The van der Waals surface area contributed by atoms with Gasteiger partial charge in [0.25, 0.3) is 0 Å². The summed E-state index contributed by atoms with van der Waals surface area (Å²) in [6, 6.07) is 8.50. The summed E-state index contributed by atoms with van der Waals surface area (Å²) >= 11 is 3.57. The maximum absolute atomic E-state index is 3.57. The molecule has 0 spiro atoms. The maximum atomic E-state index is 3.57. The van der Waals surface area contributed by atoms with Crippen molar-refractivity contribution in [2.75, 3.05) is 13.6 Å². The van der Waals surface area contributed by atoms with E-state index in [9.17, 15) is 0 Å². The van der Waals surface area contributed by atoms with Crippen LogP contribution in [0.2, 0.25) is 0 Å². The van der Waals surface area contributed by atoms with Crippen LogP contribution >= 0.6 is 15.9 Å². The molecule has 15 heavy (non-hydrogen) atoms. The summed E-state index contributed by atoms with van der Waals surface area (Å²) in [6.45, 7) is 2.13. The molecule has 0 unspecified atom stereocenters. The first kappa shape index (κ1) is 10.7. The highest BCUT2D eigenvalue weighted by Gasteiger charge is 2.02. The number of hydrogen-bond donors (Lipinski definition) is 1.